The van der Waals surface area contributed by atoms with Gasteiger partial charge in [0.15, 0.2) is 7.14 Å². The number of aromatic nitrogens is 2. The molecule has 3 heterocycles. The van der Waals surface area contributed by atoms with E-state index in [-0.39, 0.29) is 5.41 Å². The molecule has 0 saturated heterocycles. The predicted octanol–water partition coefficient (Wildman–Crippen LogP) is 7.85. The fourth-order valence-corrected chi connectivity index (χ4v) is 9.51. The molecule has 1 aliphatic heterocycles. The number of para-hydroxylation sites is 2. The molecule has 2 aromatic heterocycles. The lowest BCUT2D eigenvalue weighted by Crippen LogP contribution is -2.25. The quantitative estimate of drug-likeness (QED) is 0.206. The molecular formula is C37H29N2OP. The summed E-state index contributed by atoms with van der Waals surface area (Å²) in [5, 5.41) is 5.01. The number of rotatable bonds is 4. The van der Waals surface area contributed by atoms with Gasteiger partial charge in [0.1, 0.15) is 0 Å². The second kappa shape index (κ2) is 8.70. The Bertz CT molecular complexity index is 2090. The maximum absolute atomic E-state index is 15.0. The first kappa shape index (κ1) is 24.2. The van der Waals surface area contributed by atoms with E-state index in [0.717, 1.165) is 21.6 Å². The van der Waals surface area contributed by atoms with Crippen LogP contribution in [-0.2, 0) is 9.98 Å². The zero-order chi connectivity index (χ0) is 27.8. The molecule has 0 aliphatic carbocycles. The van der Waals surface area contributed by atoms with Crippen molar-refractivity contribution in [3.05, 3.63) is 151 Å². The van der Waals surface area contributed by atoms with E-state index >= 15 is 0 Å². The number of hydrogen-bond acceptors (Lipinski definition) is 1. The fraction of sp³-hybridized carbons (Fsp3) is 0.0811. The molecule has 0 bridgehead atoms. The van der Waals surface area contributed by atoms with Gasteiger partial charge in [0, 0.05) is 49.7 Å². The van der Waals surface area contributed by atoms with Crippen LogP contribution < -0.4 is 15.9 Å². The van der Waals surface area contributed by atoms with Gasteiger partial charge in [-0.25, -0.2) is 0 Å². The summed E-state index contributed by atoms with van der Waals surface area (Å²) in [6.07, 6.45) is 2.31. The van der Waals surface area contributed by atoms with E-state index in [1.165, 1.54) is 38.8 Å². The molecule has 0 radical (unpaired) electrons. The highest BCUT2D eigenvalue weighted by Gasteiger charge is 2.39. The molecule has 0 fully saturated rings. The van der Waals surface area contributed by atoms with Crippen molar-refractivity contribution in [2.45, 2.75) is 19.3 Å². The molecule has 0 atom stereocenters. The lowest BCUT2D eigenvalue weighted by atomic mass is 9.83. The third-order valence-corrected chi connectivity index (χ3v) is 11.9. The third-order valence-electron chi connectivity index (χ3n) is 8.78. The van der Waals surface area contributed by atoms with Crippen molar-refractivity contribution in [1.29, 1.82) is 0 Å². The maximum atomic E-state index is 15.0. The van der Waals surface area contributed by atoms with E-state index in [9.17, 15) is 4.57 Å². The predicted molar refractivity (Wildman–Crippen MR) is 172 cm³/mol. The van der Waals surface area contributed by atoms with Crippen LogP contribution in [0.1, 0.15) is 25.1 Å². The van der Waals surface area contributed by atoms with Gasteiger partial charge in [-0.3, -0.25) is 0 Å². The van der Waals surface area contributed by atoms with Crippen LogP contribution >= 0.6 is 7.14 Å². The highest BCUT2D eigenvalue weighted by Crippen LogP contribution is 2.49. The van der Waals surface area contributed by atoms with E-state index in [1.807, 2.05) is 60.7 Å². The van der Waals surface area contributed by atoms with Crippen molar-refractivity contribution in [2.24, 2.45) is 0 Å². The Morgan fingerprint density at radius 1 is 0.585 bits per heavy atom. The first-order chi connectivity index (χ1) is 20.0. The van der Waals surface area contributed by atoms with Crippen LogP contribution in [0.15, 0.2) is 140 Å². The zero-order valence-electron chi connectivity index (χ0n) is 23.0. The standard InChI is InChI=1S/C37H29N2OP/c1-37(2)32-18-10-12-20-34(32)38-25-31-30-17-9-11-19-33(30)39(35(31)36(37)38)26-21-23-29(24-22-26)41(40,27-13-5-3-6-14-27)28-15-7-4-8-16-28/h3-25H,1-2H3. The summed E-state index contributed by atoms with van der Waals surface area (Å²) in [6.45, 7) is 4.65. The third kappa shape index (κ3) is 3.30. The maximum Gasteiger partial charge on any atom is 0.171 e. The molecule has 0 unspecified atom stereocenters. The van der Waals surface area contributed by atoms with Crippen molar-refractivity contribution < 1.29 is 4.57 Å². The van der Waals surface area contributed by atoms with Gasteiger partial charge in [0.05, 0.1) is 16.7 Å². The molecule has 4 heteroatoms. The minimum Gasteiger partial charge on any atom is -0.317 e. The van der Waals surface area contributed by atoms with Gasteiger partial charge in [-0.15, -0.1) is 0 Å². The summed E-state index contributed by atoms with van der Waals surface area (Å²) >= 11 is 0. The summed E-state index contributed by atoms with van der Waals surface area (Å²) < 4.78 is 19.7. The number of benzene rings is 5. The summed E-state index contributed by atoms with van der Waals surface area (Å²) in [5.74, 6) is 0. The van der Waals surface area contributed by atoms with Crippen molar-refractivity contribution >= 4 is 44.9 Å². The average molecular weight is 549 g/mol. The minimum atomic E-state index is -3.04. The summed E-state index contributed by atoms with van der Waals surface area (Å²) in [6, 6.07) is 45.5. The van der Waals surface area contributed by atoms with Gasteiger partial charge < -0.3 is 13.7 Å². The zero-order valence-corrected chi connectivity index (χ0v) is 23.9. The molecule has 7 aromatic rings. The SMILES string of the molecule is CC1(C)c2ccccc2-n2cc3c4ccccc4n(-c4ccc(P(=O)(c5ccccc5)c5ccccc5)cc4)c3c21. The van der Waals surface area contributed by atoms with E-state index in [0.29, 0.717) is 0 Å². The molecule has 0 amide bonds. The number of fused-ring (bicyclic) bond motifs is 7. The first-order valence-electron chi connectivity index (χ1n) is 14.1. The van der Waals surface area contributed by atoms with Crippen LogP contribution in [0, 0.1) is 0 Å². The van der Waals surface area contributed by atoms with Crippen LogP contribution in [0.4, 0.5) is 0 Å². The van der Waals surface area contributed by atoms with Gasteiger partial charge in [0.2, 0.25) is 0 Å². The van der Waals surface area contributed by atoms with Crippen LogP contribution in [-0.4, -0.2) is 9.13 Å². The number of nitrogens with zero attached hydrogens (tertiary/aromatic N) is 2. The summed E-state index contributed by atoms with van der Waals surface area (Å²) in [7, 11) is -3.04. The van der Waals surface area contributed by atoms with Crippen molar-refractivity contribution in [1.82, 2.24) is 9.13 Å². The first-order valence-corrected chi connectivity index (χ1v) is 15.8. The second-order valence-corrected chi connectivity index (χ2v) is 14.2. The number of hydrogen-bond donors (Lipinski definition) is 0. The van der Waals surface area contributed by atoms with Crippen LogP contribution in [0.25, 0.3) is 33.2 Å². The van der Waals surface area contributed by atoms with E-state index < -0.39 is 7.14 Å². The Labute approximate surface area is 239 Å². The normalized spacial score (nSPS) is 13.9. The van der Waals surface area contributed by atoms with Gasteiger partial charge >= 0.3 is 0 Å². The highest BCUT2D eigenvalue weighted by atomic mass is 31.2. The average Bonchev–Trinajstić information content (AvgIpc) is 3.63. The van der Waals surface area contributed by atoms with E-state index in [4.69, 9.17) is 0 Å². The van der Waals surface area contributed by atoms with E-state index in [1.54, 1.807) is 0 Å². The van der Waals surface area contributed by atoms with Gasteiger partial charge in [0.25, 0.3) is 0 Å². The van der Waals surface area contributed by atoms with Crippen LogP contribution in [0.2, 0.25) is 0 Å². The molecule has 198 valence electrons. The molecule has 1 aliphatic rings. The topological polar surface area (TPSA) is 26.9 Å². The lowest BCUT2D eigenvalue weighted by Gasteiger charge is -2.22. The summed E-state index contributed by atoms with van der Waals surface area (Å²) in [4.78, 5) is 0. The fourth-order valence-electron chi connectivity index (χ4n) is 6.87. The molecule has 0 saturated carbocycles. The highest BCUT2D eigenvalue weighted by molar-refractivity contribution is 7.85. The molecule has 3 nitrogen and oxygen atoms in total. The monoisotopic (exact) mass is 548 g/mol. The molecule has 0 N–H and O–H groups in total. The van der Waals surface area contributed by atoms with Crippen molar-refractivity contribution in [3.8, 4) is 11.4 Å². The van der Waals surface area contributed by atoms with E-state index in [2.05, 4.69) is 102 Å². The van der Waals surface area contributed by atoms with Gasteiger partial charge in [-0.2, -0.15) is 0 Å². The van der Waals surface area contributed by atoms with Gasteiger partial charge in [-0.05, 0) is 42.0 Å². The lowest BCUT2D eigenvalue weighted by molar-refractivity contribution is 0.592. The second-order valence-electron chi connectivity index (χ2n) is 11.4. The Kier molecular flexibility index (Phi) is 5.14. The Morgan fingerprint density at radius 2 is 1.15 bits per heavy atom. The van der Waals surface area contributed by atoms with Crippen molar-refractivity contribution in [3.63, 3.8) is 0 Å². The molecule has 5 aromatic carbocycles. The minimum absolute atomic E-state index is 0.152. The van der Waals surface area contributed by atoms with Crippen LogP contribution in [0.5, 0.6) is 0 Å². The molecular weight excluding hydrogens is 519 g/mol. The van der Waals surface area contributed by atoms with Gasteiger partial charge in [-0.1, -0.05) is 111 Å². The Hall–Kier alpha value is -4.59. The largest absolute Gasteiger partial charge is 0.317 e. The molecule has 41 heavy (non-hydrogen) atoms. The molecule has 0 spiro atoms. The Balaban J connectivity index is 1.36. The Morgan fingerprint density at radius 3 is 1.83 bits per heavy atom. The van der Waals surface area contributed by atoms with Crippen LogP contribution in [0.3, 0.4) is 0 Å². The van der Waals surface area contributed by atoms with Crippen molar-refractivity contribution in [2.75, 3.05) is 0 Å². The smallest absolute Gasteiger partial charge is 0.171 e. The molecule has 8 rings (SSSR count). The summed E-state index contributed by atoms with van der Waals surface area (Å²) in [5.41, 5.74) is 7.21.